The zero-order valence-electron chi connectivity index (χ0n) is 20.6. The number of methoxy groups -OCH3 is 1. The van der Waals surface area contributed by atoms with Gasteiger partial charge in [0.05, 0.1) is 19.1 Å². The SMILES string of the molecule is CCCCNC(=O)[C@@H](C)N(Cc1ccccc1C)C(=O)CN(c1ccc(OC)cc1)S(C)(=O)=O. The summed E-state index contributed by atoms with van der Waals surface area (Å²) in [6.45, 7) is 5.91. The highest BCUT2D eigenvalue weighted by Crippen LogP contribution is 2.22. The van der Waals surface area contributed by atoms with Crippen LogP contribution in [0.3, 0.4) is 0 Å². The van der Waals surface area contributed by atoms with Crippen LogP contribution in [0.5, 0.6) is 5.75 Å². The normalized spacial score (nSPS) is 12.0. The van der Waals surface area contributed by atoms with Crippen molar-refractivity contribution in [2.45, 2.75) is 46.2 Å². The quantitative estimate of drug-likeness (QED) is 0.462. The third kappa shape index (κ3) is 7.48. The first-order valence-electron chi connectivity index (χ1n) is 11.3. The van der Waals surface area contributed by atoms with Crippen LogP contribution in [0.25, 0.3) is 0 Å². The first kappa shape index (κ1) is 27.2. The molecule has 0 aromatic heterocycles. The molecule has 0 heterocycles. The summed E-state index contributed by atoms with van der Waals surface area (Å²) in [4.78, 5) is 27.8. The van der Waals surface area contributed by atoms with Crippen LogP contribution in [0, 0.1) is 6.92 Å². The Balaban J connectivity index is 2.35. The average Bonchev–Trinajstić information content (AvgIpc) is 2.81. The van der Waals surface area contributed by atoms with Crippen LogP contribution in [0.15, 0.2) is 48.5 Å². The molecule has 2 aromatic rings. The molecule has 0 fully saturated rings. The minimum absolute atomic E-state index is 0.189. The molecule has 2 amide bonds. The molecule has 9 heteroatoms. The molecular weight excluding hydrogens is 454 g/mol. The van der Waals surface area contributed by atoms with Crippen molar-refractivity contribution >= 4 is 27.5 Å². The summed E-state index contributed by atoms with van der Waals surface area (Å²) < 4.78 is 31.3. The van der Waals surface area contributed by atoms with Gasteiger partial charge in [-0.25, -0.2) is 8.42 Å². The molecule has 1 atom stereocenters. The topological polar surface area (TPSA) is 96.0 Å². The number of aryl methyl sites for hydroxylation is 1. The Bertz CT molecular complexity index is 1070. The van der Waals surface area contributed by atoms with E-state index in [2.05, 4.69) is 5.32 Å². The lowest BCUT2D eigenvalue weighted by Crippen LogP contribution is -2.51. The predicted octanol–water partition coefficient (Wildman–Crippen LogP) is 3.10. The molecule has 0 spiro atoms. The lowest BCUT2D eigenvalue weighted by Gasteiger charge is -2.32. The van der Waals surface area contributed by atoms with Gasteiger partial charge in [0, 0.05) is 13.1 Å². The number of nitrogens with zero attached hydrogens (tertiary/aromatic N) is 2. The third-order valence-corrected chi connectivity index (χ3v) is 6.78. The Morgan fingerprint density at radius 3 is 2.29 bits per heavy atom. The Hall–Kier alpha value is -3.07. The second-order valence-electron chi connectivity index (χ2n) is 8.24. The number of carbonyl (C=O) groups is 2. The summed E-state index contributed by atoms with van der Waals surface area (Å²) in [6.07, 6.45) is 2.83. The summed E-state index contributed by atoms with van der Waals surface area (Å²) >= 11 is 0. The number of ether oxygens (including phenoxy) is 1. The number of nitrogens with one attached hydrogen (secondary N) is 1. The van der Waals surface area contributed by atoms with Crippen molar-refractivity contribution < 1.29 is 22.7 Å². The van der Waals surface area contributed by atoms with Crippen molar-refractivity contribution in [1.82, 2.24) is 10.2 Å². The van der Waals surface area contributed by atoms with E-state index in [-0.39, 0.29) is 12.5 Å². The van der Waals surface area contributed by atoms with Gasteiger partial charge in [0.2, 0.25) is 21.8 Å². The molecule has 0 aliphatic rings. The van der Waals surface area contributed by atoms with Gasteiger partial charge in [0.15, 0.2) is 0 Å². The number of unbranched alkanes of at least 4 members (excludes halogenated alkanes) is 1. The van der Waals surface area contributed by atoms with Crippen molar-refractivity contribution in [1.29, 1.82) is 0 Å². The van der Waals surface area contributed by atoms with Gasteiger partial charge in [0.1, 0.15) is 18.3 Å². The van der Waals surface area contributed by atoms with E-state index >= 15 is 0 Å². The lowest BCUT2D eigenvalue weighted by atomic mass is 10.1. The standard InChI is InChI=1S/C25H35N3O5S/c1-6-7-16-26-25(30)20(3)27(17-21-11-9-8-10-19(21)2)24(29)18-28(34(5,31)32)22-12-14-23(33-4)15-13-22/h8-15,20H,6-7,16-18H2,1-5H3,(H,26,30)/t20-/m1/s1. The van der Waals surface area contributed by atoms with Gasteiger partial charge in [-0.2, -0.15) is 0 Å². The van der Waals surface area contributed by atoms with Gasteiger partial charge < -0.3 is 15.0 Å². The van der Waals surface area contributed by atoms with Gasteiger partial charge in [-0.1, -0.05) is 37.6 Å². The second kappa shape index (κ2) is 12.4. The molecule has 186 valence electrons. The molecule has 0 aliphatic carbocycles. The minimum atomic E-state index is -3.77. The van der Waals surface area contributed by atoms with Crippen LogP contribution >= 0.6 is 0 Å². The Morgan fingerprint density at radius 2 is 1.74 bits per heavy atom. The molecule has 0 bridgehead atoms. The van der Waals surface area contributed by atoms with Crippen molar-refractivity contribution in [3.8, 4) is 5.75 Å². The largest absolute Gasteiger partial charge is 0.497 e. The molecule has 0 unspecified atom stereocenters. The maximum atomic E-state index is 13.5. The molecule has 0 radical (unpaired) electrons. The number of sulfonamides is 1. The number of hydrogen-bond donors (Lipinski definition) is 1. The van der Waals surface area contributed by atoms with Crippen LogP contribution in [-0.4, -0.2) is 57.6 Å². The van der Waals surface area contributed by atoms with Crippen LogP contribution < -0.4 is 14.4 Å². The summed E-state index contributed by atoms with van der Waals surface area (Å²) in [7, 11) is -2.25. The highest BCUT2D eigenvalue weighted by molar-refractivity contribution is 7.92. The summed E-state index contributed by atoms with van der Waals surface area (Å²) in [6, 6.07) is 13.3. The van der Waals surface area contributed by atoms with Gasteiger partial charge in [-0.15, -0.1) is 0 Å². The Labute approximate surface area is 202 Å². The van der Waals surface area contributed by atoms with Crippen molar-refractivity contribution in [2.75, 3.05) is 30.8 Å². The number of amides is 2. The molecule has 0 aliphatic heterocycles. The van der Waals surface area contributed by atoms with Crippen molar-refractivity contribution in [3.05, 3.63) is 59.7 Å². The summed E-state index contributed by atoms with van der Waals surface area (Å²) in [5, 5.41) is 2.87. The Kier molecular flexibility index (Phi) is 9.92. The van der Waals surface area contributed by atoms with Crippen molar-refractivity contribution in [3.63, 3.8) is 0 Å². The lowest BCUT2D eigenvalue weighted by molar-refractivity contribution is -0.139. The molecule has 8 nitrogen and oxygen atoms in total. The van der Waals surface area contributed by atoms with Gasteiger partial charge in [0.25, 0.3) is 0 Å². The minimum Gasteiger partial charge on any atom is -0.497 e. The van der Waals surface area contributed by atoms with E-state index in [0.717, 1.165) is 34.5 Å². The highest BCUT2D eigenvalue weighted by atomic mass is 32.2. The number of anilines is 1. The zero-order chi connectivity index (χ0) is 25.3. The first-order valence-corrected chi connectivity index (χ1v) is 13.2. The second-order valence-corrected chi connectivity index (χ2v) is 10.1. The molecule has 2 aromatic carbocycles. The zero-order valence-corrected chi connectivity index (χ0v) is 21.4. The van der Waals surface area contributed by atoms with E-state index in [1.807, 2.05) is 38.1 Å². The fourth-order valence-corrected chi connectivity index (χ4v) is 4.30. The van der Waals surface area contributed by atoms with E-state index in [9.17, 15) is 18.0 Å². The molecule has 1 N–H and O–H groups in total. The Morgan fingerprint density at radius 1 is 1.09 bits per heavy atom. The highest BCUT2D eigenvalue weighted by Gasteiger charge is 2.30. The fraction of sp³-hybridized carbons (Fsp3) is 0.440. The van der Waals surface area contributed by atoms with E-state index in [1.165, 1.54) is 12.0 Å². The number of benzene rings is 2. The number of carbonyl (C=O) groups excluding carboxylic acids is 2. The first-order chi connectivity index (χ1) is 16.1. The van der Waals surface area contributed by atoms with Crippen LogP contribution in [-0.2, 0) is 26.2 Å². The monoisotopic (exact) mass is 489 g/mol. The number of hydrogen-bond acceptors (Lipinski definition) is 5. The summed E-state index contributed by atoms with van der Waals surface area (Å²) in [5.74, 6) is -0.171. The average molecular weight is 490 g/mol. The van der Waals surface area contributed by atoms with E-state index in [0.29, 0.717) is 18.0 Å². The van der Waals surface area contributed by atoms with Crippen LogP contribution in [0.2, 0.25) is 0 Å². The van der Waals surface area contributed by atoms with Crippen molar-refractivity contribution in [2.24, 2.45) is 0 Å². The predicted molar refractivity (Wildman–Crippen MR) is 134 cm³/mol. The fourth-order valence-electron chi connectivity index (χ4n) is 3.45. The smallest absolute Gasteiger partial charge is 0.244 e. The summed E-state index contributed by atoms with van der Waals surface area (Å²) in [5.41, 5.74) is 2.21. The van der Waals surface area contributed by atoms with Crippen LogP contribution in [0.4, 0.5) is 5.69 Å². The molecule has 0 saturated carbocycles. The third-order valence-electron chi connectivity index (χ3n) is 5.64. The van der Waals surface area contributed by atoms with E-state index in [1.54, 1.807) is 31.2 Å². The molecule has 2 rings (SSSR count). The maximum absolute atomic E-state index is 13.5. The molecule has 34 heavy (non-hydrogen) atoms. The van der Waals surface area contributed by atoms with Gasteiger partial charge >= 0.3 is 0 Å². The molecular formula is C25H35N3O5S. The van der Waals surface area contributed by atoms with E-state index in [4.69, 9.17) is 4.74 Å². The van der Waals surface area contributed by atoms with Gasteiger partial charge in [-0.05, 0) is 55.7 Å². The van der Waals surface area contributed by atoms with E-state index < -0.39 is 28.5 Å². The maximum Gasteiger partial charge on any atom is 0.244 e. The number of rotatable bonds is 12. The molecule has 0 saturated heterocycles. The van der Waals surface area contributed by atoms with Crippen LogP contribution in [0.1, 0.15) is 37.8 Å². The van der Waals surface area contributed by atoms with Gasteiger partial charge in [-0.3, -0.25) is 13.9 Å².